The molecule has 0 heterocycles. The lowest BCUT2D eigenvalue weighted by Crippen LogP contribution is -2.43. The van der Waals surface area contributed by atoms with Gasteiger partial charge in [0.2, 0.25) is 0 Å². The molecule has 0 aliphatic heterocycles. The Bertz CT molecular complexity index is 990. The Kier molecular flexibility index (Phi) is 6.94. The minimum absolute atomic E-state index is 0.00851. The number of para-hydroxylation sites is 1. The molecule has 2 aromatic carbocycles. The molecule has 154 valence electrons. The van der Waals surface area contributed by atoms with E-state index in [1.165, 1.54) is 45.3 Å². The maximum Gasteiger partial charge on any atom is 0.338 e. The highest BCUT2D eigenvalue weighted by Gasteiger charge is 2.23. The number of anilines is 1. The minimum Gasteiger partial charge on any atom is -0.449 e. The van der Waals surface area contributed by atoms with Crippen LogP contribution in [0.4, 0.5) is 10.5 Å². The van der Waals surface area contributed by atoms with Gasteiger partial charge >= 0.3 is 12.0 Å². The summed E-state index contributed by atoms with van der Waals surface area (Å²) in [6.07, 6.45) is -1.22. The molecule has 0 aromatic heterocycles. The number of carbonyl (C=O) groups excluding carboxylic acids is 3. The minimum atomic E-state index is -3.81. The Hall–Kier alpha value is -3.40. The van der Waals surface area contributed by atoms with Gasteiger partial charge in [0.15, 0.2) is 6.10 Å². The van der Waals surface area contributed by atoms with Crippen LogP contribution < -0.4 is 14.9 Å². The average Bonchev–Trinajstić information content (AvgIpc) is 2.73. The van der Waals surface area contributed by atoms with Gasteiger partial charge in [-0.3, -0.25) is 14.4 Å². The Morgan fingerprint density at radius 3 is 2.14 bits per heavy atom. The van der Waals surface area contributed by atoms with Crippen molar-refractivity contribution < 1.29 is 27.5 Å². The molecule has 0 saturated heterocycles. The van der Waals surface area contributed by atoms with Gasteiger partial charge in [-0.2, -0.15) is 0 Å². The van der Waals surface area contributed by atoms with Crippen molar-refractivity contribution in [3.8, 4) is 0 Å². The summed E-state index contributed by atoms with van der Waals surface area (Å²) in [4.78, 5) is 35.0. The maximum absolute atomic E-state index is 12.7. The number of imide groups is 1. The zero-order valence-electron chi connectivity index (χ0n) is 16.1. The van der Waals surface area contributed by atoms with Crippen LogP contribution in [-0.2, 0) is 19.6 Å². The Morgan fingerprint density at radius 1 is 1.00 bits per heavy atom. The largest absolute Gasteiger partial charge is 0.449 e. The van der Waals surface area contributed by atoms with Gasteiger partial charge in [0, 0.05) is 14.1 Å². The van der Waals surface area contributed by atoms with Crippen LogP contribution in [0.1, 0.15) is 17.3 Å². The number of ether oxygens (including phenoxy) is 1. The lowest BCUT2D eigenvalue weighted by Gasteiger charge is -2.19. The normalized spacial score (nSPS) is 11.8. The van der Waals surface area contributed by atoms with Crippen LogP contribution >= 0.6 is 0 Å². The number of rotatable bonds is 6. The molecule has 9 nitrogen and oxygen atoms in total. The molecule has 3 amide bonds. The first kappa shape index (κ1) is 21.9. The molecule has 0 saturated carbocycles. The molecule has 0 aliphatic carbocycles. The zero-order valence-corrected chi connectivity index (χ0v) is 16.9. The predicted octanol–water partition coefficient (Wildman–Crippen LogP) is 1.51. The molecule has 0 bridgehead atoms. The van der Waals surface area contributed by atoms with E-state index in [-0.39, 0.29) is 10.5 Å². The Morgan fingerprint density at radius 2 is 1.59 bits per heavy atom. The van der Waals surface area contributed by atoms with Gasteiger partial charge in [-0.15, -0.1) is 0 Å². The SMILES string of the molecule is CNC(=O)NC(=O)C(C)OC(=O)c1ccc(S(=O)(=O)N(C)c2ccccc2)cc1. The van der Waals surface area contributed by atoms with E-state index < -0.39 is 34.0 Å². The van der Waals surface area contributed by atoms with Crippen molar-refractivity contribution in [1.29, 1.82) is 0 Å². The molecule has 2 N–H and O–H groups in total. The summed E-state index contributed by atoms with van der Waals surface area (Å²) in [5, 5.41) is 4.20. The number of nitrogens with zero attached hydrogens (tertiary/aromatic N) is 1. The molecule has 2 rings (SSSR count). The molecule has 1 atom stereocenters. The fourth-order valence-corrected chi connectivity index (χ4v) is 3.45. The van der Waals surface area contributed by atoms with Crippen molar-refractivity contribution in [2.24, 2.45) is 0 Å². The van der Waals surface area contributed by atoms with Crippen LogP contribution in [0.2, 0.25) is 0 Å². The van der Waals surface area contributed by atoms with Crippen LogP contribution in [0.3, 0.4) is 0 Å². The maximum atomic E-state index is 12.7. The highest BCUT2D eigenvalue weighted by atomic mass is 32.2. The lowest BCUT2D eigenvalue weighted by atomic mass is 10.2. The molecule has 10 heteroatoms. The fourth-order valence-electron chi connectivity index (χ4n) is 2.26. The van der Waals surface area contributed by atoms with Gasteiger partial charge in [0.25, 0.3) is 15.9 Å². The Balaban J connectivity index is 2.10. The van der Waals surface area contributed by atoms with Crippen molar-refractivity contribution in [1.82, 2.24) is 10.6 Å². The summed E-state index contributed by atoms with van der Waals surface area (Å²) in [5.41, 5.74) is 0.554. The molecule has 29 heavy (non-hydrogen) atoms. The molecule has 1 unspecified atom stereocenters. The van der Waals surface area contributed by atoms with Crippen molar-refractivity contribution >= 4 is 33.6 Å². The zero-order chi connectivity index (χ0) is 21.6. The van der Waals surface area contributed by atoms with Gasteiger partial charge in [-0.1, -0.05) is 18.2 Å². The van der Waals surface area contributed by atoms with Gasteiger partial charge in [0.1, 0.15) is 0 Å². The monoisotopic (exact) mass is 419 g/mol. The van der Waals surface area contributed by atoms with Crippen molar-refractivity contribution in [2.75, 3.05) is 18.4 Å². The highest BCUT2D eigenvalue weighted by molar-refractivity contribution is 7.92. The summed E-state index contributed by atoms with van der Waals surface area (Å²) >= 11 is 0. The lowest BCUT2D eigenvalue weighted by molar-refractivity contribution is -0.127. The topological polar surface area (TPSA) is 122 Å². The van der Waals surface area contributed by atoms with E-state index in [1.807, 2.05) is 5.32 Å². The van der Waals surface area contributed by atoms with Crippen LogP contribution in [0.15, 0.2) is 59.5 Å². The smallest absolute Gasteiger partial charge is 0.338 e. The number of hydrogen-bond donors (Lipinski definition) is 2. The molecule has 0 aliphatic rings. The van der Waals surface area contributed by atoms with Gasteiger partial charge in [-0.25, -0.2) is 18.0 Å². The third-order valence-electron chi connectivity index (χ3n) is 3.99. The summed E-state index contributed by atoms with van der Waals surface area (Å²) in [7, 11) is -1.05. The van der Waals surface area contributed by atoms with E-state index in [0.29, 0.717) is 5.69 Å². The average molecular weight is 419 g/mol. The van der Waals surface area contributed by atoms with Crippen molar-refractivity contribution in [2.45, 2.75) is 17.9 Å². The molecular formula is C19H21N3O6S. The number of benzene rings is 2. The quantitative estimate of drug-likeness (QED) is 0.685. The number of esters is 1. The van der Waals surface area contributed by atoms with Crippen LogP contribution in [0.5, 0.6) is 0 Å². The number of sulfonamides is 1. The molecular weight excluding hydrogens is 398 g/mol. The highest BCUT2D eigenvalue weighted by Crippen LogP contribution is 2.22. The number of nitrogens with one attached hydrogen (secondary N) is 2. The van der Waals surface area contributed by atoms with Crippen LogP contribution in [-0.4, -0.2) is 46.5 Å². The first-order valence-corrected chi connectivity index (χ1v) is 9.98. The third kappa shape index (κ3) is 5.32. The van der Waals surface area contributed by atoms with E-state index >= 15 is 0 Å². The second-order valence-corrected chi connectivity index (χ2v) is 7.92. The molecule has 0 fully saturated rings. The summed E-state index contributed by atoms with van der Waals surface area (Å²) in [6.45, 7) is 1.31. The fraction of sp³-hybridized carbons (Fsp3) is 0.211. The van der Waals surface area contributed by atoms with Gasteiger partial charge in [0.05, 0.1) is 16.1 Å². The van der Waals surface area contributed by atoms with E-state index in [2.05, 4.69) is 5.32 Å². The number of urea groups is 1. The van der Waals surface area contributed by atoms with Gasteiger partial charge in [-0.05, 0) is 43.3 Å². The van der Waals surface area contributed by atoms with E-state index in [4.69, 9.17) is 4.74 Å². The van der Waals surface area contributed by atoms with Crippen molar-refractivity contribution in [3.05, 3.63) is 60.2 Å². The number of carbonyl (C=O) groups is 3. The van der Waals surface area contributed by atoms with E-state index in [9.17, 15) is 22.8 Å². The first-order valence-electron chi connectivity index (χ1n) is 8.54. The van der Waals surface area contributed by atoms with Gasteiger partial charge < -0.3 is 10.1 Å². The van der Waals surface area contributed by atoms with Crippen LogP contribution in [0, 0.1) is 0 Å². The van der Waals surface area contributed by atoms with E-state index in [1.54, 1.807) is 30.3 Å². The Labute approximate surface area is 168 Å². The van der Waals surface area contributed by atoms with Crippen LogP contribution in [0.25, 0.3) is 0 Å². The second kappa shape index (κ2) is 9.20. The molecule has 0 spiro atoms. The summed E-state index contributed by atoms with van der Waals surface area (Å²) in [5.74, 6) is -1.62. The first-order chi connectivity index (χ1) is 13.7. The standard InChI is InChI=1S/C19H21N3O6S/c1-13(17(23)21-19(25)20-2)28-18(24)14-9-11-16(12-10-14)29(26,27)22(3)15-7-5-4-6-8-15/h4-13H,1-3H3,(H2,20,21,23,25). The predicted molar refractivity (Wildman–Crippen MR) is 106 cm³/mol. The number of amides is 3. The van der Waals surface area contributed by atoms with E-state index in [0.717, 1.165) is 4.31 Å². The summed E-state index contributed by atoms with van der Waals surface area (Å²) < 4.78 is 31.6. The third-order valence-corrected chi connectivity index (χ3v) is 5.78. The number of hydrogen-bond acceptors (Lipinski definition) is 6. The second-order valence-electron chi connectivity index (χ2n) is 5.95. The summed E-state index contributed by atoms with van der Waals surface area (Å²) in [6, 6.07) is 13.0. The molecule has 0 radical (unpaired) electrons. The molecule has 2 aromatic rings. The van der Waals surface area contributed by atoms with Crippen molar-refractivity contribution in [3.63, 3.8) is 0 Å².